The van der Waals surface area contributed by atoms with Crippen LogP contribution in [0.25, 0.3) is 0 Å². The van der Waals surface area contributed by atoms with Crippen LogP contribution in [0.1, 0.15) is 44.6 Å². The van der Waals surface area contributed by atoms with E-state index in [-0.39, 0.29) is 23.0 Å². The number of halogens is 2. The Morgan fingerprint density at radius 2 is 1.76 bits per heavy atom. The molecule has 2 aliphatic carbocycles. The number of aliphatic hydroxyl groups excluding tert-OH is 1. The van der Waals surface area contributed by atoms with Crippen molar-refractivity contribution in [3.8, 4) is 5.75 Å². The molecular weight excluding hydrogens is 278 g/mol. The van der Waals surface area contributed by atoms with E-state index >= 15 is 0 Å². The Morgan fingerprint density at radius 1 is 1.14 bits per heavy atom. The van der Waals surface area contributed by atoms with E-state index in [4.69, 9.17) is 0 Å². The molecule has 0 spiro atoms. The molecule has 0 radical (unpaired) electrons. The average molecular weight is 298 g/mol. The molecule has 0 aliphatic heterocycles. The van der Waals surface area contributed by atoms with Crippen molar-refractivity contribution >= 4 is 0 Å². The number of aliphatic hydroxyl groups is 2. The van der Waals surface area contributed by atoms with Crippen LogP contribution in [-0.4, -0.2) is 21.4 Å². The molecule has 0 amide bonds. The fraction of sp³-hybridized carbons (Fsp3) is 0.625. The zero-order valence-corrected chi connectivity index (χ0v) is 11.9. The fourth-order valence-electron chi connectivity index (χ4n) is 4.08. The van der Waals surface area contributed by atoms with Crippen LogP contribution in [0.2, 0.25) is 0 Å². The van der Waals surface area contributed by atoms with E-state index in [0.29, 0.717) is 25.7 Å². The second-order valence-electron chi connectivity index (χ2n) is 6.82. The van der Waals surface area contributed by atoms with E-state index in [0.717, 1.165) is 18.6 Å². The third-order valence-corrected chi connectivity index (χ3v) is 5.70. The summed E-state index contributed by atoms with van der Waals surface area (Å²) in [5.41, 5.74) is -1.36. The monoisotopic (exact) mass is 298 g/mol. The molecule has 2 saturated carbocycles. The zero-order valence-electron chi connectivity index (χ0n) is 11.9. The summed E-state index contributed by atoms with van der Waals surface area (Å²) in [4.78, 5) is 0. The number of phenolic OH excluding ortho intramolecular Hbond substituents is 1. The van der Waals surface area contributed by atoms with Gasteiger partial charge in [0, 0.05) is 0 Å². The Kier molecular flexibility index (Phi) is 3.26. The van der Waals surface area contributed by atoms with Crippen molar-refractivity contribution in [2.24, 2.45) is 11.3 Å². The molecule has 0 saturated heterocycles. The van der Waals surface area contributed by atoms with Crippen molar-refractivity contribution in [1.29, 1.82) is 0 Å². The van der Waals surface area contributed by atoms with Gasteiger partial charge < -0.3 is 15.3 Å². The largest absolute Gasteiger partial charge is 0.503 e. The predicted octanol–water partition coefficient (Wildman–Crippen LogP) is 2.82. The summed E-state index contributed by atoms with van der Waals surface area (Å²) in [6, 6.07) is 2.01. The van der Waals surface area contributed by atoms with Gasteiger partial charge in [-0.3, -0.25) is 0 Å². The number of rotatable bonds is 1. The lowest BCUT2D eigenvalue weighted by Gasteiger charge is -2.46. The maximum Gasteiger partial charge on any atom is 0.187 e. The van der Waals surface area contributed by atoms with E-state index in [9.17, 15) is 24.1 Å². The van der Waals surface area contributed by atoms with Gasteiger partial charge in [0.2, 0.25) is 0 Å². The van der Waals surface area contributed by atoms with Crippen LogP contribution < -0.4 is 0 Å². The maximum atomic E-state index is 13.5. The second-order valence-corrected chi connectivity index (χ2v) is 6.82. The Balaban J connectivity index is 1.93. The van der Waals surface area contributed by atoms with Crippen LogP contribution in [-0.2, 0) is 5.60 Å². The molecular formula is C16H20F2O3. The number of aromatic hydroxyl groups is 1. The van der Waals surface area contributed by atoms with E-state index in [1.807, 2.05) is 6.92 Å². The zero-order chi connectivity index (χ0) is 15.4. The highest BCUT2D eigenvalue weighted by Crippen LogP contribution is 2.56. The van der Waals surface area contributed by atoms with Gasteiger partial charge in [-0.25, -0.2) is 8.78 Å². The van der Waals surface area contributed by atoms with Crippen molar-refractivity contribution in [1.82, 2.24) is 0 Å². The van der Waals surface area contributed by atoms with Gasteiger partial charge >= 0.3 is 0 Å². The first-order valence-electron chi connectivity index (χ1n) is 7.35. The van der Waals surface area contributed by atoms with Gasteiger partial charge in [-0.15, -0.1) is 0 Å². The van der Waals surface area contributed by atoms with Gasteiger partial charge in [-0.05, 0) is 61.1 Å². The van der Waals surface area contributed by atoms with E-state index in [1.54, 1.807) is 0 Å². The Morgan fingerprint density at radius 3 is 2.38 bits per heavy atom. The standard InChI is InChI=1S/C16H20F2O3/c1-15-4-5-16(21,8-9(15)2-3-13(15)19)10-6-11(17)14(20)12(18)7-10/h6-7,9,13,19-21H,2-5,8H2,1H3/t9?,13-,15-,16+/m0/s1. The van der Waals surface area contributed by atoms with Crippen LogP contribution in [0.3, 0.4) is 0 Å². The van der Waals surface area contributed by atoms with Crippen molar-refractivity contribution in [2.75, 3.05) is 0 Å². The number of hydrogen-bond acceptors (Lipinski definition) is 3. The minimum atomic E-state index is -1.30. The average Bonchev–Trinajstić information content (AvgIpc) is 2.72. The third-order valence-electron chi connectivity index (χ3n) is 5.70. The summed E-state index contributed by atoms with van der Waals surface area (Å²) in [6.45, 7) is 2.02. The smallest absolute Gasteiger partial charge is 0.187 e. The first-order chi connectivity index (χ1) is 9.76. The van der Waals surface area contributed by atoms with Crippen molar-refractivity contribution in [3.05, 3.63) is 29.3 Å². The van der Waals surface area contributed by atoms with Crippen LogP contribution in [0.5, 0.6) is 5.75 Å². The molecule has 3 rings (SSSR count). The highest BCUT2D eigenvalue weighted by Gasteiger charge is 2.53. The van der Waals surface area contributed by atoms with E-state index < -0.39 is 23.0 Å². The quantitative estimate of drug-likeness (QED) is 0.747. The summed E-state index contributed by atoms with van der Waals surface area (Å²) < 4.78 is 27.1. The van der Waals surface area contributed by atoms with Crippen molar-refractivity contribution in [3.63, 3.8) is 0 Å². The molecule has 116 valence electrons. The number of phenols is 1. The van der Waals surface area contributed by atoms with Gasteiger partial charge in [-0.2, -0.15) is 0 Å². The molecule has 2 fully saturated rings. The molecule has 2 aliphatic rings. The van der Waals surface area contributed by atoms with Gasteiger partial charge in [-0.1, -0.05) is 6.92 Å². The molecule has 1 aromatic carbocycles. The highest BCUT2D eigenvalue weighted by atomic mass is 19.1. The maximum absolute atomic E-state index is 13.5. The van der Waals surface area contributed by atoms with Gasteiger partial charge in [0.25, 0.3) is 0 Å². The summed E-state index contributed by atoms with van der Waals surface area (Å²) in [5.74, 6) is -3.00. The molecule has 5 heteroatoms. The van der Waals surface area contributed by atoms with Crippen molar-refractivity contribution in [2.45, 2.75) is 50.7 Å². The third kappa shape index (κ3) is 2.14. The Labute approximate surface area is 122 Å². The normalized spacial score (nSPS) is 39.3. The van der Waals surface area contributed by atoms with Gasteiger partial charge in [0.05, 0.1) is 11.7 Å². The molecule has 4 atom stereocenters. The summed E-state index contributed by atoms with van der Waals surface area (Å²) in [7, 11) is 0. The SMILES string of the molecule is C[C@]12CC[C@](O)(c3cc(F)c(O)c(F)c3)CC1CC[C@@H]2O. The van der Waals surface area contributed by atoms with Crippen molar-refractivity contribution < 1.29 is 24.1 Å². The first-order valence-corrected chi connectivity index (χ1v) is 7.35. The molecule has 0 heterocycles. The summed E-state index contributed by atoms with van der Waals surface area (Å²) in [6.07, 6.45) is 2.48. The van der Waals surface area contributed by atoms with E-state index in [1.165, 1.54) is 0 Å². The van der Waals surface area contributed by atoms with Gasteiger partial charge in [0.15, 0.2) is 17.4 Å². The molecule has 3 nitrogen and oxygen atoms in total. The molecule has 0 aromatic heterocycles. The topological polar surface area (TPSA) is 60.7 Å². The lowest BCUT2D eigenvalue weighted by atomic mass is 9.62. The summed E-state index contributed by atoms with van der Waals surface area (Å²) >= 11 is 0. The van der Waals surface area contributed by atoms with Crippen LogP contribution in [0, 0.1) is 23.0 Å². The predicted molar refractivity (Wildman–Crippen MR) is 72.6 cm³/mol. The number of fused-ring (bicyclic) bond motifs is 1. The fourth-order valence-corrected chi connectivity index (χ4v) is 4.08. The minimum Gasteiger partial charge on any atom is -0.503 e. The van der Waals surface area contributed by atoms with E-state index in [2.05, 4.69) is 0 Å². The second kappa shape index (κ2) is 4.65. The molecule has 0 bridgehead atoms. The lowest BCUT2D eigenvalue weighted by molar-refractivity contribution is -0.0857. The number of benzene rings is 1. The van der Waals surface area contributed by atoms with Gasteiger partial charge in [0.1, 0.15) is 0 Å². The lowest BCUT2D eigenvalue weighted by Crippen LogP contribution is -2.44. The minimum absolute atomic E-state index is 0.131. The Hall–Kier alpha value is -1.20. The van der Waals surface area contributed by atoms with Crippen LogP contribution >= 0.6 is 0 Å². The summed E-state index contributed by atoms with van der Waals surface area (Å²) in [5, 5.41) is 30.1. The first kappa shape index (κ1) is 14.7. The van der Waals surface area contributed by atoms with Crippen LogP contribution in [0.4, 0.5) is 8.78 Å². The molecule has 1 unspecified atom stereocenters. The molecule has 1 aromatic rings. The Bertz CT molecular complexity index is 554. The molecule has 21 heavy (non-hydrogen) atoms. The van der Waals surface area contributed by atoms with Crippen LogP contribution in [0.15, 0.2) is 12.1 Å². The highest BCUT2D eigenvalue weighted by molar-refractivity contribution is 5.34. The molecule has 3 N–H and O–H groups in total. The number of hydrogen-bond donors (Lipinski definition) is 3.